The Bertz CT molecular complexity index is 647. The van der Waals surface area contributed by atoms with Crippen molar-refractivity contribution in [2.24, 2.45) is 5.92 Å². The quantitative estimate of drug-likeness (QED) is 0.730. The highest BCUT2D eigenvalue weighted by atomic mass is 16.5. The van der Waals surface area contributed by atoms with Crippen LogP contribution in [0.4, 0.5) is 0 Å². The van der Waals surface area contributed by atoms with E-state index in [-0.39, 0.29) is 5.41 Å². The molecule has 0 radical (unpaired) electrons. The molecule has 1 N–H and O–H groups in total. The monoisotopic (exact) mass is 267 g/mol. The number of rotatable bonds is 0. The molecule has 1 aromatic carbocycles. The third kappa shape index (κ3) is 1.08. The fourth-order valence-corrected chi connectivity index (χ4v) is 5.45. The number of aryl methyl sites for hydroxylation is 1. The molecular formula is C18H21NO. The van der Waals surface area contributed by atoms with Gasteiger partial charge in [0.05, 0.1) is 0 Å². The van der Waals surface area contributed by atoms with Crippen molar-refractivity contribution in [1.29, 1.82) is 0 Å². The highest BCUT2D eigenvalue weighted by Gasteiger charge is 2.61. The summed E-state index contributed by atoms with van der Waals surface area (Å²) in [6, 6.07) is 5.24. The van der Waals surface area contributed by atoms with E-state index < -0.39 is 0 Å². The van der Waals surface area contributed by atoms with Crippen LogP contribution in [0.25, 0.3) is 0 Å². The topological polar surface area (TPSA) is 21.3 Å². The molecule has 2 aliphatic carbocycles. The molecule has 0 saturated carbocycles. The lowest BCUT2D eigenvalue weighted by Crippen LogP contribution is -2.62. The smallest absolute Gasteiger partial charge is 0.130 e. The Hall–Kier alpha value is -1.28. The predicted octanol–water partition coefficient (Wildman–Crippen LogP) is 2.88. The molecule has 1 aromatic rings. The van der Waals surface area contributed by atoms with Crippen molar-refractivity contribution >= 4 is 0 Å². The summed E-state index contributed by atoms with van der Waals surface area (Å²) in [5.41, 5.74) is 6.15. The lowest BCUT2D eigenvalue weighted by atomic mass is 9.52. The van der Waals surface area contributed by atoms with Gasteiger partial charge in [-0.1, -0.05) is 18.2 Å². The molecule has 2 bridgehead atoms. The van der Waals surface area contributed by atoms with Gasteiger partial charge in [0.25, 0.3) is 0 Å². The fraction of sp³-hybridized carbons (Fsp3) is 0.556. The number of ether oxygens (including phenoxy) is 1. The SMILES string of the molecule is CC1=CCC2[C@@H]3Cc4ccc(C)c5c4C2(CCN3)C1O5. The van der Waals surface area contributed by atoms with Crippen molar-refractivity contribution in [1.82, 2.24) is 5.32 Å². The third-order valence-corrected chi connectivity index (χ3v) is 6.25. The van der Waals surface area contributed by atoms with Crippen LogP contribution in [-0.2, 0) is 11.8 Å². The number of nitrogens with one attached hydrogen (secondary N) is 1. The molecule has 2 nitrogen and oxygen atoms in total. The van der Waals surface area contributed by atoms with Crippen LogP contribution in [0.5, 0.6) is 5.75 Å². The van der Waals surface area contributed by atoms with Crippen LogP contribution in [-0.4, -0.2) is 18.7 Å². The van der Waals surface area contributed by atoms with E-state index in [1.165, 1.54) is 41.7 Å². The van der Waals surface area contributed by atoms with Gasteiger partial charge in [0.2, 0.25) is 0 Å². The maximum Gasteiger partial charge on any atom is 0.130 e. The second-order valence-electron chi connectivity index (χ2n) is 7.09. The van der Waals surface area contributed by atoms with E-state index in [9.17, 15) is 0 Å². The van der Waals surface area contributed by atoms with Crippen molar-refractivity contribution in [3.63, 3.8) is 0 Å². The fourth-order valence-electron chi connectivity index (χ4n) is 5.45. The summed E-state index contributed by atoms with van der Waals surface area (Å²) in [6.45, 7) is 5.61. The van der Waals surface area contributed by atoms with E-state index in [1.807, 2.05) is 0 Å². The average Bonchev–Trinajstić information content (AvgIpc) is 2.78. The largest absolute Gasteiger partial charge is 0.485 e. The summed E-state index contributed by atoms with van der Waals surface area (Å²) in [5.74, 6) is 1.94. The van der Waals surface area contributed by atoms with E-state index in [4.69, 9.17) is 4.74 Å². The molecule has 20 heavy (non-hydrogen) atoms. The van der Waals surface area contributed by atoms with Crippen molar-refractivity contribution in [3.8, 4) is 5.75 Å². The number of allylic oxidation sites excluding steroid dienone is 1. The first-order valence-corrected chi connectivity index (χ1v) is 7.91. The van der Waals surface area contributed by atoms with Gasteiger partial charge in [-0.15, -0.1) is 0 Å². The van der Waals surface area contributed by atoms with E-state index in [2.05, 4.69) is 37.4 Å². The van der Waals surface area contributed by atoms with E-state index in [1.54, 1.807) is 5.56 Å². The lowest BCUT2D eigenvalue weighted by Gasteiger charge is -2.54. The van der Waals surface area contributed by atoms with Crippen LogP contribution in [0.15, 0.2) is 23.8 Å². The van der Waals surface area contributed by atoms with Gasteiger partial charge in [0.15, 0.2) is 0 Å². The molecule has 2 aliphatic heterocycles. The van der Waals surface area contributed by atoms with Crippen LogP contribution in [0, 0.1) is 12.8 Å². The Labute approximate surface area is 120 Å². The minimum Gasteiger partial charge on any atom is -0.485 e. The minimum absolute atomic E-state index is 0.268. The molecule has 3 unspecified atom stereocenters. The molecular weight excluding hydrogens is 246 g/mol. The molecule has 1 saturated heterocycles. The molecule has 2 heteroatoms. The van der Waals surface area contributed by atoms with Crippen molar-refractivity contribution < 1.29 is 4.74 Å². The Kier molecular flexibility index (Phi) is 1.98. The van der Waals surface area contributed by atoms with E-state index in [0.717, 1.165) is 12.5 Å². The Balaban J connectivity index is 1.87. The van der Waals surface area contributed by atoms with Crippen molar-refractivity contribution in [2.75, 3.05) is 6.54 Å². The van der Waals surface area contributed by atoms with Crippen LogP contribution in [0.3, 0.4) is 0 Å². The third-order valence-electron chi connectivity index (χ3n) is 6.25. The van der Waals surface area contributed by atoms with Gasteiger partial charge in [-0.25, -0.2) is 0 Å². The molecule has 2 heterocycles. The zero-order valence-corrected chi connectivity index (χ0v) is 12.2. The average molecular weight is 267 g/mol. The summed E-state index contributed by atoms with van der Waals surface area (Å²) in [4.78, 5) is 0. The van der Waals surface area contributed by atoms with Gasteiger partial charge in [0.1, 0.15) is 11.9 Å². The van der Waals surface area contributed by atoms with Crippen LogP contribution >= 0.6 is 0 Å². The first-order chi connectivity index (χ1) is 9.72. The highest BCUT2D eigenvalue weighted by molar-refractivity contribution is 5.59. The first kappa shape index (κ1) is 11.4. The summed E-state index contributed by atoms with van der Waals surface area (Å²) in [6.07, 6.45) is 6.35. The van der Waals surface area contributed by atoms with Gasteiger partial charge >= 0.3 is 0 Å². The highest BCUT2D eigenvalue weighted by Crippen LogP contribution is 2.61. The van der Waals surface area contributed by atoms with Gasteiger partial charge in [-0.3, -0.25) is 0 Å². The molecule has 104 valence electrons. The maximum atomic E-state index is 6.53. The summed E-state index contributed by atoms with van der Waals surface area (Å²) >= 11 is 0. The Morgan fingerprint density at radius 3 is 3.10 bits per heavy atom. The second-order valence-corrected chi connectivity index (χ2v) is 7.09. The molecule has 1 spiro atoms. The van der Waals surface area contributed by atoms with Crippen LogP contribution < -0.4 is 10.1 Å². The molecule has 4 atom stereocenters. The second kappa shape index (κ2) is 3.48. The van der Waals surface area contributed by atoms with Crippen molar-refractivity contribution in [2.45, 2.75) is 50.7 Å². The Morgan fingerprint density at radius 1 is 1.30 bits per heavy atom. The maximum absolute atomic E-state index is 6.53. The van der Waals surface area contributed by atoms with Gasteiger partial charge < -0.3 is 10.1 Å². The number of benzene rings is 1. The molecule has 4 aliphatic rings. The number of hydrogen-bond acceptors (Lipinski definition) is 2. The normalized spacial score (nSPS) is 39.9. The van der Waals surface area contributed by atoms with Crippen molar-refractivity contribution in [3.05, 3.63) is 40.5 Å². The number of piperidine rings is 1. The van der Waals surface area contributed by atoms with E-state index in [0.29, 0.717) is 12.1 Å². The predicted molar refractivity (Wildman–Crippen MR) is 79.2 cm³/mol. The Morgan fingerprint density at radius 2 is 2.20 bits per heavy atom. The van der Waals surface area contributed by atoms with Crippen LogP contribution in [0.2, 0.25) is 0 Å². The molecule has 5 rings (SSSR count). The summed E-state index contributed by atoms with van der Waals surface area (Å²) in [5, 5.41) is 3.77. The van der Waals surface area contributed by atoms with Gasteiger partial charge in [-0.2, -0.15) is 0 Å². The molecule has 1 fully saturated rings. The summed E-state index contributed by atoms with van der Waals surface area (Å²) in [7, 11) is 0. The first-order valence-electron chi connectivity index (χ1n) is 7.91. The number of hydrogen-bond donors (Lipinski definition) is 1. The molecule has 0 amide bonds. The zero-order chi connectivity index (χ0) is 13.5. The van der Waals surface area contributed by atoms with Gasteiger partial charge in [-0.05, 0) is 62.3 Å². The van der Waals surface area contributed by atoms with Gasteiger partial charge in [0, 0.05) is 17.0 Å². The zero-order valence-electron chi connectivity index (χ0n) is 12.2. The van der Waals surface area contributed by atoms with E-state index >= 15 is 0 Å². The standard InChI is InChI=1S/C18H21NO/c1-10-3-5-12-9-14-13-6-4-11(2)17-18(13,7-8-19-14)15(12)16(10)20-17/h3-5,13-14,17,19H,6-9H2,1-2H3/t13?,14-,17?,18?/m0/s1. The lowest BCUT2D eigenvalue weighted by molar-refractivity contribution is 0.0518. The van der Waals surface area contributed by atoms with Crippen LogP contribution in [0.1, 0.15) is 36.5 Å². The summed E-state index contributed by atoms with van der Waals surface area (Å²) < 4.78 is 6.53. The minimum atomic E-state index is 0.268. The molecule has 0 aromatic heterocycles.